The van der Waals surface area contributed by atoms with E-state index in [4.69, 9.17) is 26.7 Å². The smallest absolute Gasteiger partial charge is 0.221 e. The number of hydrogen-bond donors (Lipinski definition) is 1. The fraction of sp³-hybridized carbons (Fsp3) is 0.143. The van der Waals surface area contributed by atoms with Gasteiger partial charge in [0.25, 0.3) is 0 Å². The quantitative estimate of drug-likeness (QED) is 0.871. The molecular formula is C14H11ClN2O2. The summed E-state index contributed by atoms with van der Waals surface area (Å²) in [6.45, 7) is 0.113. The molecule has 19 heavy (non-hydrogen) atoms. The molecule has 1 aromatic carbocycles. The number of rotatable bonds is 4. The van der Waals surface area contributed by atoms with Gasteiger partial charge in [0.15, 0.2) is 0 Å². The second kappa shape index (κ2) is 6.19. The van der Waals surface area contributed by atoms with Crippen LogP contribution in [0.25, 0.3) is 0 Å². The van der Waals surface area contributed by atoms with Crippen LogP contribution in [0, 0.1) is 11.3 Å². The van der Waals surface area contributed by atoms with E-state index in [9.17, 15) is 0 Å². The van der Waals surface area contributed by atoms with Gasteiger partial charge in [-0.3, -0.25) is 0 Å². The predicted octanol–water partition coefficient (Wildman–Crippen LogP) is 2.93. The van der Waals surface area contributed by atoms with Crippen molar-refractivity contribution in [1.82, 2.24) is 4.98 Å². The van der Waals surface area contributed by atoms with Crippen LogP contribution in [0.5, 0.6) is 11.6 Å². The van der Waals surface area contributed by atoms with Gasteiger partial charge in [0.1, 0.15) is 10.9 Å². The van der Waals surface area contributed by atoms with Gasteiger partial charge in [-0.2, -0.15) is 5.26 Å². The molecule has 5 heteroatoms. The largest absolute Gasteiger partial charge is 0.439 e. The monoisotopic (exact) mass is 274 g/mol. The number of aromatic nitrogens is 1. The molecular weight excluding hydrogens is 264 g/mol. The van der Waals surface area contributed by atoms with E-state index in [-0.39, 0.29) is 17.6 Å². The normalized spacial score (nSPS) is 9.95. The Hall–Kier alpha value is -2.09. The van der Waals surface area contributed by atoms with E-state index >= 15 is 0 Å². The number of pyridine rings is 1. The Labute approximate surface area is 115 Å². The van der Waals surface area contributed by atoms with Crippen LogP contribution in [0.15, 0.2) is 36.4 Å². The molecule has 0 amide bonds. The lowest BCUT2D eigenvalue weighted by Crippen LogP contribution is -1.92. The molecule has 0 unspecified atom stereocenters. The molecule has 1 N–H and O–H groups in total. The minimum Gasteiger partial charge on any atom is -0.439 e. The highest BCUT2D eigenvalue weighted by molar-refractivity contribution is 6.29. The Bertz CT molecular complexity index is 606. The second-order valence-corrected chi connectivity index (χ2v) is 4.24. The van der Waals surface area contributed by atoms with E-state index in [1.54, 1.807) is 12.1 Å². The third kappa shape index (κ3) is 3.68. The first-order chi connectivity index (χ1) is 9.21. The molecule has 2 rings (SSSR count). The first-order valence-corrected chi connectivity index (χ1v) is 6.04. The summed E-state index contributed by atoms with van der Waals surface area (Å²) in [5.74, 6) is 0.874. The van der Waals surface area contributed by atoms with E-state index in [2.05, 4.69) is 4.98 Å². The molecule has 0 aliphatic heterocycles. The molecule has 0 radical (unpaired) electrons. The van der Waals surface area contributed by atoms with Gasteiger partial charge >= 0.3 is 0 Å². The van der Waals surface area contributed by atoms with Crippen LogP contribution >= 0.6 is 11.6 Å². The van der Waals surface area contributed by atoms with Crippen molar-refractivity contribution < 1.29 is 9.84 Å². The van der Waals surface area contributed by atoms with Gasteiger partial charge in [0, 0.05) is 12.7 Å². The highest BCUT2D eigenvalue weighted by Crippen LogP contribution is 2.23. The van der Waals surface area contributed by atoms with Crippen LogP contribution in [-0.4, -0.2) is 16.7 Å². The molecule has 2 aromatic rings. The molecule has 0 saturated carbocycles. The molecule has 4 nitrogen and oxygen atoms in total. The van der Waals surface area contributed by atoms with Crippen molar-refractivity contribution in [2.75, 3.05) is 6.61 Å². The number of halogens is 1. The first kappa shape index (κ1) is 13.3. The zero-order valence-electron chi connectivity index (χ0n) is 10.0. The summed E-state index contributed by atoms with van der Waals surface area (Å²) in [4.78, 5) is 3.99. The lowest BCUT2D eigenvalue weighted by atomic mass is 10.1. The lowest BCUT2D eigenvalue weighted by molar-refractivity contribution is 0.299. The number of aliphatic hydroxyl groups excluding tert-OH is 1. The topological polar surface area (TPSA) is 66.1 Å². The summed E-state index contributed by atoms with van der Waals surface area (Å²) >= 11 is 5.79. The van der Waals surface area contributed by atoms with Gasteiger partial charge in [-0.25, -0.2) is 4.98 Å². The maximum atomic E-state index is 8.83. The van der Waals surface area contributed by atoms with E-state index in [0.717, 1.165) is 5.56 Å². The number of benzene rings is 1. The maximum absolute atomic E-state index is 8.83. The summed E-state index contributed by atoms with van der Waals surface area (Å²) in [6, 6.07) is 12.3. The van der Waals surface area contributed by atoms with Crippen molar-refractivity contribution in [3.63, 3.8) is 0 Å². The molecule has 1 aromatic heterocycles. The molecule has 1 heterocycles. The van der Waals surface area contributed by atoms with Crippen LogP contribution in [0.2, 0.25) is 5.15 Å². The molecule has 0 aliphatic carbocycles. The first-order valence-electron chi connectivity index (χ1n) is 5.66. The van der Waals surface area contributed by atoms with E-state index in [1.165, 1.54) is 12.1 Å². The Morgan fingerprint density at radius 2 is 2.00 bits per heavy atom. The third-order valence-corrected chi connectivity index (χ3v) is 2.64. The highest BCUT2D eigenvalue weighted by atomic mass is 35.5. The minimum atomic E-state index is 0.113. The van der Waals surface area contributed by atoms with Crippen LogP contribution in [0.3, 0.4) is 0 Å². The second-order valence-electron chi connectivity index (χ2n) is 3.85. The zero-order valence-corrected chi connectivity index (χ0v) is 10.8. The summed E-state index contributed by atoms with van der Waals surface area (Å²) in [7, 11) is 0. The number of hydrogen-bond acceptors (Lipinski definition) is 4. The third-order valence-electron chi connectivity index (χ3n) is 2.45. The summed E-state index contributed by atoms with van der Waals surface area (Å²) in [5.41, 5.74) is 1.42. The Kier molecular flexibility index (Phi) is 4.35. The van der Waals surface area contributed by atoms with Gasteiger partial charge in [-0.15, -0.1) is 0 Å². The number of ether oxygens (including phenoxy) is 1. The van der Waals surface area contributed by atoms with Crippen molar-refractivity contribution >= 4 is 11.6 Å². The van der Waals surface area contributed by atoms with Gasteiger partial charge in [0.05, 0.1) is 11.6 Å². The Balaban J connectivity index is 2.17. The molecule has 0 spiro atoms. The summed E-state index contributed by atoms with van der Waals surface area (Å²) in [6.07, 6.45) is 0.605. The van der Waals surface area contributed by atoms with E-state index in [1.807, 2.05) is 18.2 Å². The fourth-order valence-corrected chi connectivity index (χ4v) is 1.76. The van der Waals surface area contributed by atoms with Crippen molar-refractivity contribution in [2.24, 2.45) is 0 Å². The van der Waals surface area contributed by atoms with Crippen LogP contribution < -0.4 is 4.74 Å². The van der Waals surface area contributed by atoms with Crippen molar-refractivity contribution in [1.29, 1.82) is 5.26 Å². The predicted molar refractivity (Wildman–Crippen MR) is 71.3 cm³/mol. The van der Waals surface area contributed by atoms with Gasteiger partial charge < -0.3 is 9.84 Å². The molecule has 0 fully saturated rings. The summed E-state index contributed by atoms with van der Waals surface area (Å²) < 4.78 is 5.53. The van der Waals surface area contributed by atoms with Crippen molar-refractivity contribution in [2.45, 2.75) is 6.42 Å². The standard InChI is InChI=1S/C14H11ClN2O2/c15-13-7-11(9-16)8-14(17-13)19-12-3-1-10(2-4-12)5-6-18/h1-4,7-8,18H,5-6H2. The van der Waals surface area contributed by atoms with Crippen molar-refractivity contribution in [3.05, 3.63) is 52.7 Å². The average molecular weight is 275 g/mol. The molecule has 0 bridgehead atoms. The molecule has 0 atom stereocenters. The SMILES string of the molecule is N#Cc1cc(Cl)nc(Oc2ccc(CCO)cc2)c1. The molecule has 0 aliphatic rings. The zero-order chi connectivity index (χ0) is 13.7. The van der Waals surface area contributed by atoms with Crippen LogP contribution in [-0.2, 0) is 6.42 Å². The number of nitriles is 1. The van der Waals surface area contributed by atoms with E-state index in [0.29, 0.717) is 17.7 Å². The molecule has 0 saturated heterocycles. The Morgan fingerprint density at radius 1 is 1.26 bits per heavy atom. The van der Waals surface area contributed by atoms with Gasteiger partial charge in [0.2, 0.25) is 5.88 Å². The number of aliphatic hydroxyl groups is 1. The molecule has 96 valence electrons. The van der Waals surface area contributed by atoms with E-state index < -0.39 is 0 Å². The summed E-state index contributed by atoms with van der Waals surface area (Å²) in [5, 5.41) is 17.9. The fourth-order valence-electron chi connectivity index (χ4n) is 1.56. The minimum absolute atomic E-state index is 0.113. The lowest BCUT2D eigenvalue weighted by Gasteiger charge is -2.06. The Morgan fingerprint density at radius 3 is 2.63 bits per heavy atom. The average Bonchev–Trinajstić information content (AvgIpc) is 2.40. The van der Waals surface area contributed by atoms with Gasteiger partial charge in [-0.1, -0.05) is 23.7 Å². The highest BCUT2D eigenvalue weighted by Gasteiger charge is 2.03. The van der Waals surface area contributed by atoms with Crippen LogP contribution in [0.4, 0.5) is 0 Å². The van der Waals surface area contributed by atoms with Gasteiger partial charge in [-0.05, 0) is 30.2 Å². The van der Waals surface area contributed by atoms with Crippen molar-refractivity contribution in [3.8, 4) is 17.7 Å². The number of nitrogens with zero attached hydrogens (tertiary/aromatic N) is 2. The van der Waals surface area contributed by atoms with Crippen LogP contribution in [0.1, 0.15) is 11.1 Å². The maximum Gasteiger partial charge on any atom is 0.221 e.